The SMILES string of the molecule is CCOC(=O)c1[nH]c2ccccc2c1C(c1ccccc1)c1c(C(=O)OCC)[nH]c2ccccc12. The number of fused-ring (bicyclic) bond motifs is 2. The van der Waals surface area contributed by atoms with E-state index in [1.54, 1.807) is 13.8 Å². The summed E-state index contributed by atoms with van der Waals surface area (Å²) < 4.78 is 10.9. The fourth-order valence-corrected chi connectivity index (χ4v) is 4.78. The molecular formula is C29H26N2O4. The maximum atomic E-state index is 13.2. The van der Waals surface area contributed by atoms with Crippen molar-refractivity contribution >= 4 is 33.7 Å². The Bertz CT molecular complexity index is 1420. The number of H-pyrrole nitrogens is 2. The maximum absolute atomic E-state index is 13.2. The number of carbonyl (C=O) groups is 2. The number of nitrogens with one attached hydrogen (secondary N) is 2. The minimum atomic E-state index is -0.442. The van der Waals surface area contributed by atoms with Crippen LogP contribution in [0.4, 0.5) is 0 Å². The van der Waals surface area contributed by atoms with E-state index < -0.39 is 17.9 Å². The third-order valence-electron chi connectivity index (χ3n) is 6.16. The smallest absolute Gasteiger partial charge is 0.355 e. The van der Waals surface area contributed by atoms with Gasteiger partial charge in [-0.2, -0.15) is 0 Å². The van der Waals surface area contributed by atoms with Crippen LogP contribution in [0.1, 0.15) is 57.4 Å². The first kappa shape index (κ1) is 22.5. The van der Waals surface area contributed by atoms with Crippen LogP contribution in [0, 0.1) is 0 Å². The molecule has 0 amide bonds. The summed E-state index contributed by atoms with van der Waals surface area (Å²) in [6, 6.07) is 25.5. The molecule has 0 aliphatic carbocycles. The van der Waals surface area contributed by atoms with Gasteiger partial charge in [-0.25, -0.2) is 9.59 Å². The predicted molar refractivity (Wildman–Crippen MR) is 136 cm³/mol. The van der Waals surface area contributed by atoms with Gasteiger partial charge in [0.2, 0.25) is 0 Å². The summed E-state index contributed by atoms with van der Waals surface area (Å²) in [6.07, 6.45) is 0. The standard InChI is InChI=1S/C29H26N2O4/c1-3-34-28(32)26-24(19-14-8-10-16-21(19)30-26)23(18-12-6-5-7-13-18)25-20-15-9-11-17-22(20)31-27(25)29(33)35-4-2/h5-17,23,30-31H,3-4H2,1-2H3. The molecule has 2 N–H and O–H groups in total. The van der Waals surface area contributed by atoms with Gasteiger partial charge in [-0.05, 0) is 31.5 Å². The molecule has 2 aromatic heterocycles. The van der Waals surface area contributed by atoms with E-state index in [2.05, 4.69) is 9.97 Å². The molecule has 5 aromatic rings. The lowest BCUT2D eigenvalue weighted by Gasteiger charge is -2.20. The monoisotopic (exact) mass is 466 g/mol. The normalized spacial score (nSPS) is 11.3. The van der Waals surface area contributed by atoms with Crippen molar-refractivity contribution in [3.8, 4) is 0 Å². The van der Waals surface area contributed by atoms with E-state index in [-0.39, 0.29) is 13.2 Å². The zero-order valence-corrected chi connectivity index (χ0v) is 19.6. The minimum Gasteiger partial charge on any atom is -0.461 e. The molecule has 35 heavy (non-hydrogen) atoms. The second-order valence-corrected chi connectivity index (χ2v) is 8.20. The summed E-state index contributed by atoms with van der Waals surface area (Å²) >= 11 is 0. The molecule has 3 aromatic carbocycles. The quantitative estimate of drug-likeness (QED) is 0.280. The van der Waals surface area contributed by atoms with E-state index in [1.807, 2.05) is 78.9 Å². The van der Waals surface area contributed by atoms with E-state index in [9.17, 15) is 9.59 Å². The van der Waals surface area contributed by atoms with Crippen molar-refractivity contribution in [3.05, 3.63) is 107 Å². The van der Waals surface area contributed by atoms with Gasteiger partial charge in [-0.3, -0.25) is 0 Å². The molecule has 0 spiro atoms. The van der Waals surface area contributed by atoms with Crippen LogP contribution in [0.5, 0.6) is 0 Å². The average molecular weight is 467 g/mol. The molecule has 0 aliphatic heterocycles. The number of carbonyl (C=O) groups excluding carboxylic acids is 2. The Kier molecular flexibility index (Phi) is 6.10. The fourth-order valence-electron chi connectivity index (χ4n) is 4.78. The van der Waals surface area contributed by atoms with Crippen molar-refractivity contribution in [1.82, 2.24) is 9.97 Å². The highest BCUT2D eigenvalue weighted by Crippen LogP contribution is 2.43. The van der Waals surface area contributed by atoms with Crippen molar-refractivity contribution in [2.24, 2.45) is 0 Å². The number of hydrogen-bond donors (Lipinski definition) is 2. The second-order valence-electron chi connectivity index (χ2n) is 8.20. The van der Waals surface area contributed by atoms with Crippen LogP contribution >= 0.6 is 0 Å². The lowest BCUT2D eigenvalue weighted by atomic mass is 9.82. The summed E-state index contributed by atoms with van der Waals surface area (Å²) in [5, 5.41) is 1.79. The van der Waals surface area contributed by atoms with E-state index in [4.69, 9.17) is 9.47 Å². The van der Waals surface area contributed by atoms with Crippen molar-refractivity contribution in [3.63, 3.8) is 0 Å². The summed E-state index contributed by atoms with van der Waals surface area (Å²) in [5.41, 5.74) is 4.87. The number of rotatable bonds is 7. The van der Waals surface area contributed by atoms with E-state index >= 15 is 0 Å². The van der Waals surface area contributed by atoms with Gasteiger partial charge in [-0.1, -0.05) is 66.7 Å². The van der Waals surface area contributed by atoms with Crippen LogP contribution < -0.4 is 0 Å². The van der Waals surface area contributed by atoms with Gasteiger partial charge < -0.3 is 19.4 Å². The number of aromatic amines is 2. The number of esters is 2. The highest BCUT2D eigenvalue weighted by molar-refractivity contribution is 6.03. The lowest BCUT2D eigenvalue weighted by molar-refractivity contribution is 0.0511. The van der Waals surface area contributed by atoms with Gasteiger partial charge in [0.25, 0.3) is 0 Å². The van der Waals surface area contributed by atoms with Crippen LogP contribution in [-0.4, -0.2) is 35.1 Å². The van der Waals surface area contributed by atoms with Crippen molar-refractivity contribution in [1.29, 1.82) is 0 Å². The Balaban J connectivity index is 1.89. The molecule has 0 saturated heterocycles. The van der Waals surface area contributed by atoms with Crippen molar-refractivity contribution in [2.75, 3.05) is 13.2 Å². The average Bonchev–Trinajstić information content (AvgIpc) is 3.45. The van der Waals surface area contributed by atoms with Gasteiger partial charge >= 0.3 is 11.9 Å². The highest BCUT2D eigenvalue weighted by Gasteiger charge is 2.33. The van der Waals surface area contributed by atoms with Gasteiger partial charge in [0.1, 0.15) is 11.4 Å². The molecule has 0 atom stereocenters. The van der Waals surface area contributed by atoms with Gasteiger partial charge in [0.05, 0.1) is 13.2 Å². The molecular weight excluding hydrogens is 440 g/mol. The van der Waals surface area contributed by atoms with Crippen molar-refractivity contribution < 1.29 is 19.1 Å². The summed E-state index contributed by atoms with van der Waals surface area (Å²) in [6.45, 7) is 4.08. The van der Waals surface area contributed by atoms with Crippen LogP contribution in [-0.2, 0) is 9.47 Å². The summed E-state index contributed by atoms with van der Waals surface area (Å²) in [4.78, 5) is 32.9. The molecule has 5 rings (SSSR count). The van der Waals surface area contributed by atoms with Crippen molar-refractivity contribution in [2.45, 2.75) is 19.8 Å². The van der Waals surface area contributed by atoms with Crippen LogP contribution in [0.15, 0.2) is 78.9 Å². The zero-order valence-electron chi connectivity index (χ0n) is 19.6. The Hall–Kier alpha value is -4.32. The van der Waals surface area contributed by atoms with Gasteiger partial charge in [-0.15, -0.1) is 0 Å². The molecule has 0 bridgehead atoms. The number of hydrogen-bond acceptors (Lipinski definition) is 4. The maximum Gasteiger partial charge on any atom is 0.355 e. The fraction of sp³-hybridized carbons (Fsp3) is 0.172. The van der Waals surface area contributed by atoms with E-state index in [1.165, 1.54) is 0 Å². The second kappa shape index (κ2) is 9.50. The van der Waals surface area contributed by atoms with Crippen LogP contribution in [0.3, 0.4) is 0 Å². The van der Waals surface area contributed by atoms with E-state index in [0.29, 0.717) is 11.4 Å². The third kappa shape index (κ3) is 3.97. The molecule has 2 heterocycles. The molecule has 0 saturated carbocycles. The Morgan fingerprint density at radius 2 is 1.09 bits per heavy atom. The molecule has 0 aliphatic rings. The van der Waals surface area contributed by atoms with Gasteiger partial charge in [0.15, 0.2) is 0 Å². The number of para-hydroxylation sites is 2. The highest BCUT2D eigenvalue weighted by atomic mass is 16.5. The molecule has 176 valence electrons. The molecule has 6 nitrogen and oxygen atoms in total. The first-order chi connectivity index (χ1) is 17.1. The lowest BCUT2D eigenvalue weighted by Crippen LogP contribution is -2.15. The van der Waals surface area contributed by atoms with E-state index in [0.717, 1.165) is 38.5 Å². The topological polar surface area (TPSA) is 84.2 Å². The number of ether oxygens (including phenoxy) is 2. The van der Waals surface area contributed by atoms with Gasteiger partial charge in [0, 0.05) is 38.9 Å². The molecule has 0 unspecified atom stereocenters. The van der Waals surface area contributed by atoms with Crippen LogP contribution in [0.2, 0.25) is 0 Å². The number of aromatic nitrogens is 2. The Morgan fingerprint density at radius 3 is 1.54 bits per heavy atom. The third-order valence-corrected chi connectivity index (χ3v) is 6.16. The Morgan fingerprint density at radius 1 is 0.657 bits per heavy atom. The molecule has 0 fully saturated rings. The minimum absolute atomic E-state index is 0.255. The number of benzene rings is 3. The molecule has 0 radical (unpaired) electrons. The summed E-state index contributed by atoms with van der Waals surface area (Å²) in [5.74, 6) is -1.31. The van der Waals surface area contributed by atoms with Crippen LogP contribution in [0.25, 0.3) is 21.8 Å². The predicted octanol–water partition coefficient (Wildman–Crippen LogP) is 6.18. The molecule has 6 heteroatoms. The zero-order chi connectivity index (χ0) is 24.4. The first-order valence-electron chi connectivity index (χ1n) is 11.7. The summed E-state index contributed by atoms with van der Waals surface area (Å²) in [7, 11) is 0. The first-order valence-corrected chi connectivity index (χ1v) is 11.7. The largest absolute Gasteiger partial charge is 0.461 e. The Labute approximate surface area is 202 Å².